The molecule has 1 fully saturated rings. The van der Waals surface area contributed by atoms with Gasteiger partial charge in [0.05, 0.1) is 24.8 Å². The summed E-state index contributed by atoms with van der Waals surface area (Å²) in [6, 6.07) is 14.4. The molecule has 55 heavy (non-hydrogen) atoms. The number of oxime groups is 1. The number of carbonyl (C=O) groups excluding carboxylic acids is 2. The van der Waals surface area contributed by atoms with E-state index in [2.05, 4.69) is 18.0 Å². The summed E-state index contributed by atoms with van der Waals surface area (Å²) in [5.74, 6) is -1.06. The van der Waals surface area contributed by atoms with Gasteiger partial charge in [0, 0.05) is 44.2 Å². The molecule has 1 aliphatic heterocycles. The van der Waals surface area contributed by atoms with Gasteiger partial charge in [-0.3, -0.25) is 4.90 Å². The summed E-state index contributed by atoms with van der Waals surface area (Å²) in [7, 11) is 0. The molecular formula is C43H59N3O9. The summed E-state index contributed by atoms with van der Waals surface area (Å²) < 4.78 is 25.6. The number of nitrogens with one attached hydrogen (secondary N) is 1. The molecule has 12 nitrogen and oxygen atoms in total. The Bertz CT molecular complexity index is 1630. The number of rotatable bonds is 20. The highest BCUT2D eigenvalue weighted by atomic mass is 16.7. The Balaban J connectivity index is 1.69. The Kier molecular flexibility index (Phi) is 15.6. The molecule has 12 heteroatoms. The van der Waals surface area contributed by atoms with Crippen molar-refractivity contribution >= 4 is 17.9 Å². The first kappa shape index (κ1) is 41.8. The van der Waals surface area contributed by atoms with Crippen molar-refractivity contribution in [3.8, 4) is 11.5 Å². The van der Waals surface area contributed by atoms with Gasteiger partial charge < -0.3 is 39.3 Å². The highest BCUT2D eigenvalue weighted by molar-refractivity contribution is 6.03. The number of hydrogen-bond acceptors (Lipinski definition) is 10. The minimum atomic E-state index is -1.38. The van der Waals surface area contributed by atoms with Gasteiger partial charge in [-0.05, 0) is 87.1 Å². The molecule has 2 aromatic carbocycles. The normalized spacial score (nSPS) is 24.4. The lowest BCUT2D eigenvalue weighted by Gasteiger charge is -2.59. The number of ether oxygens (including phenoxy) is 4. The summed E-state index contributed by atoms with van der Waals surface area (Å²) >= 11 is 0. The van der Waals surface area contributed by atoms with E-state index < -0.39 is 29.9 Å². The number of fused-ring (bicyclic) bond motifs is 2. The van der Waals surface area contributed by atoms with Gasteiger partial charge in [-0.15, -0.1) is 6.58 Å². The third kappa shape index (κ3) is 9.71. The molecule has 6 atom stereocenters. The zero-order valence-corrected chi connectivity index (χ0v) is 32.6. The van der Waals surface area contributed by atoms with Crippen LogP contribution in [0, 0.1) is 17.8 Å². The van der Waals surface area contributed by atoms with Gasteiger partial charge in [-0.1, -0.05) is 67.4 Å². The van der Waals surface area contributed by atoms with Crippen LogP contribution in [0.3, 0.4) is 0 Å². The van der Waals surface area contributed by atoms with Gasteiger partial charge in [-0.2, -0.15) is 0 Å². The maximum Gasteiger partial charge on any atom is 0.412 e. The van der Waals surface area contributed by atoms with Crippen molar-refractivity contribution in [2.24, 2.45) is 22.9 Å². The Hall–Kier alpha value is -4.39. The second kappa shape index (κ2) is 20.5. The van der Waals surface area contributed by atoms with Gasteiger partial charge in [-0.25, -0.2) is 9.59 Å². The van der Waals surface area contributed by atoms with E-state index in [9.17, 15) is 19.8 Å². The summed E-state index contributed by atoms with van der Waals surface area (Å²) in [5, 5.41) is 27.2. The van der Waals surface area contributed by atoms with Crippen LogP contribution in [-0.4, -0.2) is 84.4 Å². The van der Waals surface area contributed by atoms with Crippen molar-refractivity contribution < 1.29 is 43.6 Å². The fourth-order valence-electron chi connectivity index (χ4n) is 8.59. The van der Waals surface area contributed by atoms with E-state index in [4.69, 9.17) is 28.9 Å². The topological polar surface area (TPSA) is 148 Å². The molecule has 1 heterocycles. The predicted molar refractivity (Wildman–Crippen MR) is 210 cm³/mol. The van der Waals surface area contributed by atoms with Crippen LogP contribution in [0.25, 0.3) is 0 Å². The molecule has 0 aromatic heterocycles. The van der Waals surface area contributed by atoms with E-state index in [1.54, 1.807) is 24.0 Å². The minimum absolute atomic E-state index is 0.0322. The molecule has 2 aromatic rings. The summed E-state index contributed by atoms with van der Waals surface area (Å²) in [6.07, 6.45) is 8.43. The van der Waals surface area contributed by atoms with Crippen LogP contribution in [0.4, 0.5) is 9.59 Å². The van der Waals surface area contributed by atoms with Gasteiger partial charge in [0.2, 0.25) is 5.79 Å². The average molecular weight is 762 g/mol. The predicted octanol–water partition coefficient (Wildman–Crippen LogP) is 7.50. The Morgan fingerprint density at radius 1 is 1.04 bits per heavy atom. The van der Waals surface area contributed by atoms with E-state index in [1.165, 1.54) is 0 Å². The number of amides is 2. The molecule has 300 valence electrons. The second-order valence-corrected chi connectivity index (χ2v) is 14.3. The van der Waals surface area contributed by atoms with Crippen molar-refractivity contribution in [1.82, 2.24) is 10.2 Å². The van der Waals surface area contributed by atoms with Crippen molar-refractivity contribution in [1.29, 1.82) is 0 Å². The van der Waals surface area contributed by atoms with E-state index in [1.807, 2.05) is 56.3 Å². The zero-order valence-electron chi connectivity index (χ0n) is 32.6. The lowest BCUT2D eigenvalue weighted by molar-refractivity contribution is -0.255. The smallest absolute Gasteiger partial charge is 0.412 e. The molecule has 3 aliphatic rings. The fraction of sp³-hybridized carbons (Fsp3) is 0.558. The van der Waals surface area contributed by atoms with Crippen LogP contribution >= 0.6 is 0 Å². The SMILES string of the molecule is C=CCO[C@@]12Oc3ccc(OC(=O)NCc4ccccc4)cc3[C@H]3[C@H](CCCCO)[C@@H](CCCCO)C=C(C(=NOCC)C[C@@H]1N(CCC)C(=O)OCC)[C@H]32. The zero-order chi connectivity index (χ0) is 39.2. The number of allylic oxidation sites excluding steroid dienone is 1. The van der Waals surface area contributed by atoms with Gasteiger partial charge in [0.15, 0.2) is 0 Å². The number of aliphatic hydroxyl groups excluding tert-OH is 2. The van der Waals surface area contributed by atoms with Gasteiger partial charge in [0.1, 0.15) is 24.1 Å². The molecular weight excluding hydrogens is 702 g/mol. The Morgan fingerprint density at radius 3 is 2.49 bits per heavy atom. The molecule has 3 N–H and O–H groups in total. The average Bonchev–Trinajstić information content (AvgIpc) is 3.19. The van der Waals surface area contributed by atoms with Crippen molar-refractivity contribution in [3.63, 3.8) is 0 Å². The molecule has 2 aliphatic carbocycles. The first-order valence-electron chi connectivity index (χ1n) is 20.0. The number of carbonyl (C=O) groups is 2. The van der Waals surface area contributed by atoms with Gasteiger partial charge in [0.25, 0.3) is 0 Å². The molecule has 0 spiro atoms. The standard InChI is InChI=1S/C43H59N3O9/c1-5-22-46(42(50)51-7-3)38-28-36(45-53-8-4)34-26-31(18-12-14-23-47)33(19-13-15-24-48)39-35-27-32(54-41(49)44-29-30-16-10-9-11-17-30)20-21-37(35)55-43(38,40(34)39)52-25-6-2/h6,9-11,16-17,20-21,26-27,31,33,38-40,47-48H,2,5,7-8,12-15,18-19,22-25,28-29H2,1,3-4H3,(H,44,49)/t31-,33+,38-,39+,40+,43+/m0/s1. The van der Waals surface area contributed by atoms with E-state index in [0.29, 0.717) is 62.6 Å². The highest BCUT2D eigenvalue weighted by Gasteiger charge is 2.65. The lowest BCUT2D eigenvalue weighted by Crippen LogP contribution is -2.70. The molecule has 0 bridgehead atoms. The minimum Gasteiger partial charge on any atom is -0.459 e. The largest absolute Gasteiger partial charge is 0.459 e. The maximum absolute atomic E-state index is 13.9. The maximum atomic E-state index is 13.9. The van der Waals surface area contributed by atoms with E-state index >= 15 is 0 Å². The van der Waals surface area contributed by atoms with Crippen molar-refractivity contribution in [3.05, 3.63) is 84.0 Å². The molecule has 0 radical (unpaired) electrons. The van der Waals surface area contributed by atoms with Crippen LogP contribution < -0.4 is 14.8 Å². The highest BCUT2D eigenvalue weighted by Crippen LogP contribution is 2.62. The summed E-state index contributed by atoms with van der Waals surface area (Å²) in [5.41, 5.74) is 3.46. The molecule has 5 rings (SSSR count). The monoisotopic (exact) mass is 761 g/mol. The van der Waals surface area contributed by atoms with Crippen LogP contribution in [0.2, 0.25) is 0 Å². The molecule has 1 saturated carbocycles. The van der Waals surface area contributed by atoms with Gasteiger partial charge >= 0.3 is 12.2 Å². The second-order valence-electron chi connectivity index (χ2n) is 14.3. The quantitative estimate of drug-likeness (QED) is 0.0709. The van der Waals surface area contributed by atoms with Crippen molar-refractivity contribution in [2.45, 2.75) is 96.4 Å². The third-order valence-electron chi connectivity index (χ3n) is 10.8. The first-order chi connectivity index (χ1) is 26.8. The molecule has 2 amide bonds. The lowest BCUT2D eigenvalue weighted by atomic mass is 9.55. The number of unbranched alkanes of at least 4 members (excludes halogenated alkanes) is 2. The first-order valence-corrected chi connectivity index (χ1v) is 20.0. The number of aliphatic hydroxyl groups is 2. The Morgan fingerprint density at radius 2 is 1.80 bits per heavy atom. The van der Waals surface area contributed by atoms with Crippen LogP contribution in [-0.2, 0) is 20.9 Å². The van der Waals surface area contributed by atoms with Crippen molar-refractivity contribution in [2.75, 3.05) is 39.6 Å². The third-order valence-corrected chi connectivity index (χ3v) is 10.8. The number of benzene rings is 2. The van der Waals surface area contributed by atoms with E-state index in [-0.39, 0.29) is 44.2 Å². The Labute approximate surface area is 325 Å². The molecule has 0 unspecified atom stereocenters. The van der Waals surface area contributed by atoms with Crippen LogP contribution in [0.15, 0.2) is 78.0 Å². The van der Waals surface area contributed by atoms with Crippen LogP contribution in [0.5, 0.6) is 11.5 Å². The molecule has 0 saturated heterocycles. The summed E-state index contributed by atoms with van der Waals surface area (Å²) in [6.45, 7) is 11.3. The van der Waals surface area contributed by atoms with E-state index in [0.717, 1.165) is 42.4 Å². The van der Waals surface area contributed by atoms with Crippen LogP contribution in [0.1, 0.15) is 89.2 Å². The summed E-state index contributed by atoms with van der Waals surface area (Å²) in [4.78, 5) is 34.5. The number of nitrogens with zero attached hydrogens (tertiary/aromatic N) is 2. The fourth-order valence-corrected chi connectivity index (χ4v) is 8.59. The number of hydrogen-bond donors (Lipinski definition) is 3.